The molecule has 1 aliphatic carbocycles. The van der Waals surface area contributed by atoms with E-state index in [0.29, 0.717) is 0 Å². The van der Waals surface area contributed by atoms with Gasteiger partial charge in [-0.1, -0.05) is 36.4 Å². The quantitative estimate of drug-likeness (QED) is 0.688. The van der Waals surface area contributed by atoms with Crippen LogP contribution in [0.2, 0.25) is 0 Å². The summed E-state index contributed by atoms with van der Waals surface area (Å²) in [5.74, 6) is 0. The summed E-state index contributed by atoms with van der Waals surface area (Å²) in [7, 11) is 0. The highest BCUT2D eigenvalue weighted by Gasteiger charge is 2.22. The van der Waals surface area contributed by atoms with Crippen LogP contribution in [0.4, 0.5) is 0 Å². The van der Waals surface area contributed by atoms with Gasteiger partial charge in [-0.15, -0.1) is 11.3 Å². The fourth-order valence-corrected chi connectivity index (χ4v) is 4.07. The molecule has 0 aliphatic heterocycles. The minimum atomic E-state index is 0.220. The first-order chi connectivity index (χ1) is 9.34. The van der Waals surface area contributed by atoms with Crippen LogP contribution in [0.15, 0.2) is 47.8 Å². The van der Waals surface area contributed by atoms with Crippen LogP contribution >= 0.6 is 11.3 Å². The normalized spacial score (nSPS) is 17.8. The van der Waals surface area contributed by atoms with Crippen LogP contribution in [0.1, 0.15) is 23.6 Å². The van der Waals surface area contributed by atoms with Crippen molar-refractivity contribution in [2.45, 2.75) is 18.9 Å². The third kappa shape index (κ3) is 1.64. The van der Waals surface area contributed by atoms with E-state index in [0.717, 1.165) is 12.8 Å². The Kier molecular flexibility index (Phi) is 2.47. The van der Waals surface area contributed by atoms with E-state index >= 15 is 0 Å². The molecular weight excluding hydrogens is 250 g/mol. The number of rotatable bonds is 1. The van der Waals surface area contributed by atoms with Gasteiger partial charge in [0.2, 0.25) is 0 Å². The minimum Gasteiger partial charge on any atom is -0.324 e. The molecule has 1 aliphatic rings. The highest BCUT2D eigenvalue weighted by molar-refractivity contribution is 7.17. The lowest BCUT2D eigenvalue weighted by atomic mass is 9.96. The third-order valence-electron chi connectivity index (χ3n) is 4.09. The fraction of sp³-hybridized carbons (Fsp3) is 0.176. The van der Waals surface area contributed by atoms with E-state index in [1.54, 1.807) is 0 Å². The summed E-state index contributed by atoms with van der Waals surface area (Å²) in [4.78, 5) is 0. The molecule has 0 bridgehead atoms. The van der Waals surface area contributed by atoms with Crippen LogP contribution in [-0.4, -0.2) is 0 Å². The topological polar surface area (TPSA) is 26.0 Å². The predicted molar refractivity (Wildman–Crippen MR) is 82.5 cm³/mol. The molecule has 1 aromatic heterocycles. The Labute approximate surface area is 116 Å². The lowest BCUT2D eigenvalue weighted by molar-refractivity contribution is 0.713. The van der Waals surface area contributed by atoms with E-state index in [9.17, 15) is 0 Å². The molecule has 1 atom stereocenters. The molecule has 1 nitrogen and oxygen atoms in total. The van der Waals surface area contributed by atoms with E-state index in [-0.39, 0.29) is 6.04 Å². The number of hydrogen-bond acceptors (Lipinski definition) is 2. The first kappa shape index (κ1) is 11.2. The zero-order valence-corrected chi connectivity index (χ0v) is 11.4. The maximum atomic E-state index is 6.19. The zero-order valence-electron chi connectivity index (χ0n) is 10.6. The Morgan fingerprint density at radius 3 is 2.79 bits per heavy atom. The average molecular weight is 265 g/mol. The maximum Gasteiger partial charge on any atom is 0.0421 e. The van der Waals surface area contributed by atoms with Crippen molar-refractivity contribution < 1.29 is 0 Å². The number of thiophene rings is 1. The Balaban J connectivity index is 2.01. The molecule has 3 aromatic rings. The van der Waals surface area contributed by atoms with Gasteiger partial charge in [0, 0.05) is 10.7 Å². The van der Waals surface area contributed by atoms with Crippen molar-refractivity contribution >= 4 is 21.4 Å². The van der Waals surface area contributed by atoms with Gasteiger partial charge in [0.05, 0.1) is 0 Å². The van der Waals surface area contributed by atoms with Gasteiger partial charge in [-0.2, -0.15) is 0 Å². The summed E-state index contributed by atoms with van der Waals surface area (Å²) < 4.78 is 1.39. The van der Waals surface area contributed by atoms with Gasteiger partial charge in [0.15, 0.2) is 0 Å². The number of hydrogen-bond donors (Lipinski definition) is 1. The van der Waals surface area contributed by atoms with Gasteiger partial charge < -0.3 is 5.73 Å². The second-order valence-corrected chi connectivity index (χ2v) is 6.08. The van der Waals surface area contributed by atoms with Crippen LogP contribution < -0.4 is 5.73 Å². The summed E-state index contributed by atoms with van der Waals surface area (Å²) in [6, 6.07) is 15.6. The Bertz CT molecular complexity index is 757. The maximum absolute atomic E-state index is 6.19. The molecule has 0 saturated heterocycles. The van der Waals surface area contributed by atoms with Crippen molar-refractivity contribution in [2.24, 2.45) is 5.73 Å². The summed E-state index contributed by atoms with van der Waals surface area (Å²) >= 11 is 1.82. The molecule has 0 fully saturated rings. The van der Waals surface area contributed by atoms with Crippen molar-refractivity contribution in [1.82, 2.24) is 0 Å². The van der Waals surface area contributed by atoms with E-state index in [4.69, 9.17) is 5.73 Å². The highest BCUT2D eigenvalue weighted by atomic mass is 32.1. The van der Waals surface area contributed by atoms with Crippen molar-refractivity contribution in [2.75, 3.05) is 0 Å². The summed E-state index contributed by atoms with van der Waals surface area (Å²) in [6.45, 7) is 0. The lowest BCUT2D eigenvalue weighted by Gasteiger charge is -2.11. The first-order valence-electron chi connectivity index (χ1n) is 6.68. The third-order valence-corrected chi connectivity index (χ3v) is 5.05. The monoisotopic (exact) mass is 265 g/mol. The number of fused-ring (bicyclic) bond motifs is 2. The van der Waals surface area contributed by atoms with Gasteiger partial charge in [0.1, 0.15) is 0 Å². The van der Waals surface area contributed by atoms with Crippen molar-refractivity contribution in [3.05, 3.63) is 59.0 Å². The predicted octanol–water partition coefficient (Wildman–Crippen LogP) is 4.51. The summed E-state index contributed by atoms with van der Waals surface area (Å²) in [5.41, 5.74) is 11.7. The average Bonchev–Trinajstić information content (AvgIpc) is 3.05. The van der Waals surface area contributed by atoms with Crippen LogP contribution in [0, 0.1) is 0 Å². The largest absolute Gasteiger partial charge is 0.324 e. The van der Waals surface area contributed by atoms with Crippen LogP contribution in [0.5, 0.6) is 0 Å². The van der Waals surface area contributed by atoms with Crippen LogP contribution in [0.25, 0.3) is 21.2 Å². The van der Waals surface area contributed by atoms with Gasteiger partial charge >= 0.3 is 0 Å². The van der Waals surface area contributed by atoms with Gasteiger partial charge in [-0.25, -0.2) is 0 Å². The molecule has 0 radical (unpaired) electrons. The fourth-order valence-electron chi connectivity index (χ4n) is 3.14. The Hall–Kier alpha value is -1.64. The van der Waals surface area contributed by atoms with Crippen LogP contribution in [0.3, 0.4) is 0 Å². The van der Waals surface area contributed by atoms with Crippen molar-refractivity contribution in [3.8, 4) is 11.1 Å². The summed E-state index contributed by atoms with van der Waals surface area (Å²) in [5, 5.41) is 3.51. The molecule has 0 saturated carbocycles. The molecule has 1 heterocycles. The second kappa shape index (κ2) is 4.19. The molecule has 2 heteroatoms. The molecule has 1 unspecified atom stereocenters. The zero-order chi connectivity index (χ0) is 12.8. The highest BCUT2D eigenvalue weighted by Crippen LogP contribution is 2.40. The number of benzene rings is 2. The molecule has 2 aromatic carbocycles. The Morgan fingerprint density at radius 1 is 1.00 bits per heavy atom. The van der Waals surface area contributed by atoms with Crippen LogP contribution in [-0.2, 0) is 6.42 Å². The van der Waals surface area contributed by atoms with E-state index < -0.39 is 0 Å². The smallest absolute Gasteiger partial charge is 0.0421 e. The van der Waals surface area contributed by atoms with Gasteiger partial charge in [-0.3, -0.25) is 0 Å². The van der Waals surface area contributed by atoms with E-state index in [1.807, 2.05) is 11.3 Å². The first-order valence-corrected chi connectivity index (χ1v) is 7.56. The summed E-state index contributed by atoms with van der Waals surface area (Å²) in [6.07, 6.45) is 2.18. The molecule has 2 N–H and O–H groups in total. The Morgan fingerprint density at radius 2 is 1.84 bits per heavy atom. The van der Waals surface area contributed by atoms with Crippen molar-refractivity contribution in [3.63, 3.8) is 0 Å². The molecule has 0 spiro atoms. The second-order valence-electron chi connectivity index (χ2n) is 5.16. The molecule has 94 valence electrons. The van der Waals surface area contributed by atoms with Gasteiger partial charge in [0.25, 0.3) is 0 Å². The van der Waals surface area contributed by atoms with E-state index in [2.05, 4.69) is 47.8 Å². The molecule has 4 rings (SSSR count). The van der Waals surface area contributed by atoms with Crippen molar-refractivity contribution in [1.29, 1.82) is 0 Å². The standard InChI is InChI=1S/C17H15NS/c18-16-8-7-13-12(4-2-5-14(13)16)15-6-1-3-11-9-10-19-17(11)15/h1-6,9-10,16H,7-8,18H2. The molecular formula is C17H15NS. The minimum absolute atomic E-state index is 0.220. The molecule has 0 amide bonds. The lowest BCUT2D eigenvalue weighted by Crippen LogP contribution is -2.04. The van der Waals surface area contributed by atoms with E-state index in [1.165, 1.54) is 32.3 Å². The number of nitrogens with two attached hydrogens (primary N) is 1. The molecule has 19 heavy (non-hydrogen) atoms. The van der Waals surface area contributed by atoms with Gasteiger partial charge in [-0.05, 0) is 51.9 Å². The SMILES string of the molecule is NC1CCc2c(-c3cccc4ccsc34)cccc21.